The molecule has 0 bridgehead atoms. The number of amides is 1. The van der Waals surface area contributed by atoms with Gasteiger partial charge in [-0.25, -0.2) is 9.36 Å². The number of hydrogen-bond donors (Lipinski definition) is 1. The predicted molar refractivity (Wildman–Crippen MR) is 210 cm³/mol. The minimum Gasteiger partial charge on any atom is -0.494 e. The smallest absolute Gasteiger partial charge is 0.338 e. The predicted octanol–water partition coefficient (Wildman–Crippen LogP) is 6.92. The fourth-order valence-corrected chi connectivity index (χ4v) is 7.94. The van der Waals surface area contributed by atoms with Crippen molar-refractivity contribution in [3.63, 3.8) is 0 Å². The normalized spacial score (nSPS) is 16.0. The van der Waals surface area contributed by atoms with Gasteiger partial charge in [0.05, 0.1) is 11.7 Å². The first kappa shape index (κ1) is 33.7. The van der Waals surface area contributed by atoms with Gasteiger partial charge in [-0.05, 0) is 66.4 Å². The van der Waals surface area contributed by atoms with Crippen LogP contribution in [0.4, 0.5) is 0 Å². The fraction of sp³-hybridized carbons (Fsp3) is 0.182. The average Bonchev–Trinajstić information content (AvgIpc) is 3.47. The zero-order valence-corrected chi connectivity index (χ0v) is 29.8. The van der Waals surface area contributed by atoms with E-state index < -0.39 is 23.2 Å². The van der Waals surface area contributed by atoms with Crippen molar-refractivity contribution in [3.05, 3.63) is 176 Å². The van der Waals surface area contributed by atoms with E-state index in [4.69, 9.17) is 4.99 Å². The highest BCUT2D eigenvalue weighted by Gasteiger charge is 2.40. The maximum Gasteiger partial charge on any atom is 0.338 e. The lowest BCUT2D eigenvalue weighted by molar-refractivity contribution is 0.0614. The second-order valence-corrected chi connectivity index (χ2v) is 13.7. The van der Waals surface area contributed by atoms with Gasteiger partial charge in [-0.3, -0.25) is 19.1 Å². The molecular formula is C44H39N5O4. The lowest BCUT2D eigenvalue weighted by atomic mass is 9.79. The topological polar surface area (TPSA) is 102 Å². The Kier molecular flexibility index (Phi) is 8.62. The molecule has 0 unspecified atom stereocenters. The van der Waals surface area contributed by atoms with Gasteiger partial charge < -0.3 is 14.6 Å². The lowest BCUT2D eigenvalue weighted by Crippen LogP contribution is -2.44. The van der Waals surface area contributed by atoms with E-state index in [0.29, 0.717) is 29.9 Å². The molecule has 0 spiro atoms. The number of aliphatic imine (C=N–C) groups is 1. The second-order valence-electron chi connectivity index (χ2n) is 13.7. The van der Waals surface area contributed by atoms with Crippen molar-refractivity contribution in [1.29, 1.82) is 0 Å². The summed E-state index contributed by atoms with van der Waals surface area (Å²) < 4.78 is 4.30. The highest BCUT2D eigenvalue weighted by molar-refractivity contribution is 6.08. The van der Waals surface area contributed by atoms with Crippen molar-refractivity contribution in [2.45, 2.75) is 25.3 Å². The number of hydrogen-bond acceptors (Lipinski definition) is 5. The monoisotopic (exact) mass is 701 g/mol. The van der Waals surface area contributed by atoms with Crippen molar-refractivity contribution < 1.29 is 9.90 Å². The van der Waals surface area contributed by atoms with Crippen molar-refractivity contribution >= 4 is 33.4 Å². The average molecular weight is 702 g/mol. The molecule has 7 aromatic rings. The second kappa shape index (κ2) is 13.6. The first-order chi connectivity index (χ1) is 25.7. The third-order valence-electron chi connectivity index (χ3n) is 10.7. The lowest BCUT2D eigenvalue weighted by Gasteiger charge is -2.42. The highest BCUT2D eigenvalue weighted by atomic mass is 16.3. The summed E-state index contributed by atoms with van der Waals surface area (Å²) in [4.78, 5) is 48.7. The molecule has 5 aromatic carbocycles. The number of benzene rings is 5. The third kappa shape index (κ3) is 5.74. The van der Waals surface area contributed by atoms with E-state index in [1.165, 1.54) is 7.05 Å². The maximum absolute atomic E-state index is 14.5. The minimum atomic E-state index is -0.659. The number of nitrogens with zero attached hydrogens (tertiary/aromatic N) is 5. The molecule has 9 heteroatoms. The van der Waals surface area contributed by atoms with Crippen LogP contribution in [-0.4, -0.2) is 48.4 Å². The molecule has 1 N–H and O–H groups in total. The summed E-state index contributed by atoms with van der Waals surface area (Å²) in [5, 5.41) is 13.4. The van der Waals surface area contributed by atoms with Crippen LogP contribution in [0.3, 0.4) is 0 Å². The van der Waals surface area contributed by atoms with Gasteiger partial charge in [0.25, 0.3) is 11.5 Å². The summed E-state index contributed by atoms with van der Waals surface area (Å²) in [6, 6.07) is 40.9. The van der Waals surface area contributed by atoms with Gasteiger partial charge in [0, 0.05) is 66.2 Å². The van der Waals surface area contributed by atoms with Crippen molar-refractivity contribution in [2.75, 3.05) is 13.1 Å². The van der Waals surface area contributed by atoms with Gasteiger partial charge in [0.1, 0.15) is 5.56 Å². The van der Waals surface area contributed by atoms with Crippen LogP contribution in [0.25, 0.3) is 27.5 Å². The maximum atomic E-state index is 14.5. The fourth-order valence-electron chi connectivity index (χ4n) is 7.94. The van der Waals surface area contributed by atoms with Crippen LogP contribution in [0.2, 0.25) is 0 Å². The first-order valence-corrected chi connectivity index (χ1v) is 17.8. The first-order valence-electron chi connectivity index (χ1n) is 17.8. The molecule has 1 aliphatic rings. The van der Waals surface area contributed by atoms with E-state index in [2.05, 4.69) is 54.1 Å². The zero-order valence-electron chi connectivity index (χ0n) is 29.8. The number of aromatic nitrogens is 3. The molecule has 0 aliphatic carbocycles. The highest BCUT2D eigenvalue weighted by Crippen LogP contribution is 2.44. The molecular weight excluding hydrogens is 663 g/mol. The SMILES string of the molecule is CC(=NC[C@H]1c2ccccc2C(=O)N(CCc2ccccc2)[C@H]1c1ccc2c(c1)c1ccccc1n2C)c1c(O)n(C)c(=O)n(-c2ccccc2)c1=O. The van der Waals surface area contributed by atoms with Crippen molar-refractivity contribution in [1.82, 2.24) is 18.6 Å². The van der Waals surface area contributed by atoms with Crippen LogP contribution >= 0.6 is 0 Å². The quantitative estimate of drug-likeness (QED) is 0.174. The van der Waals surface area contributed by atoms with Crippen LogP contribution in [0.15, 0.2) is 142 Å². The molecule has 9 nitrogen and oxygen atoms in total. The van der Waals surface area contributed by atoms with Crippen LogP contribution in [0.5, 0.6) is 5.88 Å². The number of fused-ring (bicyclic) bond motifs is 4. The molecule has 0 saturated heterocycles. The Hall–Kier alpha value is -6.48. The molecule has 2 aromatic heterocycles. The number of rotatable bonds is 8. The molecule has 8 rings (SSSR count). The Labute approximate surface area is 306 Å². The van der Waals surface area contributed by atoms with Gasteiger partial charge in [0.2, 0.25) is 5.88 Å². The van der Waals surface area contributed by atoms with E-state index >= 15 is 0 Å². The summed E-state index contributed by atoms with van der Waals surface area (Å²) in [6.07, 6.45) is 0.668. The molecule has 53 heavy (non-hydrogen) atoms. The summed E-state index contributed by atoms with van der Waals surface area (Å²) in [5.41, 5.74) is 5.16. The summed E-state index contributed by atoms with van der Waals surface area (Å²) in [5.74, 6) is -0.791. The Morgan fingerprint density at radius 2 is 1.40 bits per heavy atom. The summed E-state index contributed by atoms with van der Waals surface area (Å²) in [7, 11) is 3.50. The van der Waals surface area contributed by atoms with E-state index in [-0.39, 0.29) is 23.9 Å². The summed E-state index contributed by atoms with van der Waals surface area (Å²) in [6.45, 7) is 2.38. The van der Waals surface area contributed by atoms with Gasteiger partial charge in [-0.1, -0.05) is 91.0 Å². The Balaban J connectivity index is 1.28. The molecule has 0 radical (unpaired) electrons. The number of carbonyl (C=O) groups excluding carboxylic acids is 1. The van der Waals surface area contributed by atoms with Gasteiger partial charge >= 0.3 is 5.69 Å². The van der Waals surface area contributed by atoms with Gasteiger partial charge in [-0.2, -0.15) is 0 Å². The zero-order chi connectivity index (χ0) is 36.8. The Bertz CT molecular complexity index is 2670. The molecule has 2 atom stereocenters. The molecule has 3 heterocycles. The van der Waals surface area contributed by atoms with E-state index in [1.807, 2.05) is 59.5 Å². The van der Waals surface area contributed by atoms with Crippen LogP contribution in [0.1, 0.15) is 51.5 Å². The van der Waals surface area contributed by atoms with Crippen molar-refractivity contribution in [3.8, 4) is 11.6 Å². The standard InChI is InChI=1S/C44H39N5O4/c1-28(39-42(51)47(3)44(53)49(43(39)52)31-16-8-5-9-17-31)45-27-36-32-18-10-11-20-34(32)41(50)48(25-24-29-14-6-4-7-15-29)40(36)30-22-23-38-35(26-30)33-19-12-13-21-37(33)46(38)2/h4-23,26,36,40,51H,24-25,27H2,1-3H3/t36-,40-/m0/s1. The van der Waals surface area contributed by atoms with Gasteiger partial charge in [0.15, 0.2) is 0 Å². The van der Waals surface area contributed by atoms with Crippen LogP contribution in [0, 0.1) is 0 Å². The number of carbonyl (C=O) groups is 1. The number of aromatic hydroxyl groups is 1. The van der Waals surface area contributed by atoms with Crippen LogP contribution < -0.4 is 11.2 Å². The van der Waals surface area contributed by atoms with Crippen LogP contribution in [-0.2, 0) is 20.5 Å². The minimum absolute atomic E-state index is 0.0436. The molecule has 0 saturated carbocycles. The largest absolute Gasteiger partial charge is 0.494 e. The molecule has 264 valence electrons. The van der Waals surface area contributed by atoms with Crippen molar-refractivity contribution in [2.24, 2.45) is 19.1 Å². The van der Waals surface area contributed by atoms with E-state index in [1.54, 1.807) is 37.3 Å². The van der Waals surface area contributed by atoms with E-state index in [9.17, 15) is 19.5 Å². The van der Waals surface area contributed by atoms with E-state index in [0.717, 1.165) is 47.6 Å². The molecule has 1 amide bonds. The molecule has 0 fully saturated rings. The van der Waals surface area contributed by atoms with Gasteiger partial charge in [-0.15, -0.1) is 0 Å². The number of para-hydroxylation sites is 2. The Morgan fingerprint density at radius 1 is 0.736 bits per heavy atom. The third-order valence-corrected chi connectivity index (χ3v) is 10.7. The Morgan fingerprint density at radius 3 is 2.17 bits per heavy atom. The number of aryl methyl sites for hydroxylation is 1. The molecule has 1 aliphatic heterocycles. The summed E-state index contributed by atoms with van der Waals surface area (Å²) >= 11 is 0.